The first-order valence-corrected chi connectivity index (χ1v) is 5.05. The molecule has 1 aromatic heterocycles. The van der Waals surface area contributed by atoms with Gasteiger partial charge in [-0.2, -0.15) is 0 Å². The third kappa shape index (κ3) is 1.78. The molecule has 0 saturated carbocycles. The van der Waals surface area contributed by atoms with Crippen molar-refractivity contribution in [3.63, 3.8) is 0 Å². The lowest BCUT2D eigenvalue weighted by atomic mass is 10.1. The Morgan fingerprint density at radius 2 is 2.00 bits per heavy atom. The van der Waals surface area contributed by atoms with Crippen LogP contribution < -0.4 is 0 Å². The molecular weight excluding hydrogens is 271 g/mol. The number of pyridine rings is 1. The summed E-state index contributed by atoms with van der Waals surface area (Å²) < 4.78 is 43.9. The lowest BCUT2D eigenvalue weighted by molar-refractivity contribution is 0.0600. The van der Waals surface area contributed by atoms with Gasteiger partial charge in [-0.05, 0) is 6.07 Å². The Hall–Kier alpha value is -1.82. The Balaban J connectivity index is 2.84. The van der Waals surface area contributed by atoms with Gasteiger partial charge in [0.25, 0.3) is 0 Å². The van der Waals surface area contributed by atoms with Gasteiger partial charge in [0, 0.05) is 11.6 Å². The molecule has 0 fully saturated rings. The molecule has 0 aliphatic heterocycles. The summed E-state index contributed by atoms with van der Waals surface area (Å²) in [5.74, 6) is -5.31. The molecule has 0 aliphatic rings. The number of rotatable bonds is 1. The number of fused-ring (bicyclic) bond motifs is 1. The van der Waals surface area contributed by atoms with Crippen LogP contribution in [0.5, 0.6) is 0 Å². The predicted molar refractivity (Wildman–Crippen MR) is 58.0 cm³/mol. The van der Waals surface area contributed by atoms with Crippen molar-refractivity contribution in [1.82, 2.24) is 4.98 Å². The summed E-state index contributed by atoms with van der Waals surface area (Å²) in [7, 11) is 1.12. The van der Waals surface area contributed by atoms with Gasteiger partial charge in [-0.1, -0.05) is 11.6 Å². The highest BCUT2D eigenvalue weighted by molar-refractivity contribution is 6.38. The van der Waals surface area contributed by atoms with Crippen LogP contribution in [0.4, 0.5) is 13.2 Å². The fraction of sp³-hybridized carbons (Fsp3) is 0.0909. The van der Waals surface area contributed by atoms with Crippen LogP contribution in [0.15, 0.2) is 12.3 Å². The number of aromatic nitrogens is 1. The second-order valence-corrected chi connectivity index (χ2v) is 3.74. The van der Waals surface area contributed by atoms with E-state index in [0.717, 1.165) is 13.3 Å². The van der Waals surface area contributed by atoms with E-state index in [4.69, 9.17) is 11.6 Å². The minimum Gasteiger partial charge on any atom is -0.465 e. The SMILES string of the molecule is COC(=O)c1cnc2c(F)c(F)c(F)cc2c1Cl. The van der Waals surface area contributed by atoms with Crippen molar-refractivity contribution < 1.29 is 22.7 Å². The van der Waals surface area contributed by atoms with Crippen LogP contribution in [-0.2, 0) is 4.74 Å². The molecule has 0 bridgehead atoms. The van der Waals surface area contributed by atoms with E-state index in [1.165, 1.54) is 0 Å². The molecule has 0 atom stereocenters. The van der Waals surface area contributed by atoms with E-state index in [2.05, 4.69) is 9.72 Å². The Morgan fingerprint density at radius 3 is 2.61 bits per heavy atom. The Bertz CT molecular complexity index is 661. The molecule has 7 heteroatoms. The Morgan fingerprint density at radius 1 is 1.33 bits per heavy atom. The van der Waals surface area contributed by atoms with E-state index >= 15 is 0 Å². The number of hydrogen-bond donors (Lipinski definition) is 0. The van der Waals surface area contributed by atoms with Crippen molar-refractivity contribution in [2.45, 2.75) is 0 Å². The summed E-state index contributed by atoms with van der Waals surface area (Å²) in [4.78, 5) is 14.9. The van der Waals surface area contributed by atoms with E-state index in [-0.39, 0.29) is 16.0 Å². The lowest BCUT2D eigenvalue weighted by Crippen LogP contribution is -2.04. The van der Waals surface area contributed by atoms with E-state index in [9.17, 15) is 18.0 Å². The molecule has 94 valence electrons. The van der Waals surface area contributed by atoms with Gasteiger partial charge in [0.15, 0.2) is 17.5 Å². The van der Waals surface area contributed by atoms with Crippen molar-refractivity contribution in [3.05, 3.63) is 40.3 Å². The van der Waals surface area contributed by atoms with Crippen molar-refractivity contribution >= 4 is 28.5 Å². The predicted octanol–water partition coefficient (Wildman–Crippen LogP) is 3.09. The van der Waals surface area contributed by atoms with Gasteiger partial charge in [-0.3, -0.25) is 4.98 Å². The maximum atomic E-state index is 13.4. The van der Waals surface area contributed by atoms with Crippen LogP contribution >= 0.6 is 11.6 Å². The van der Waals surface area contributed by atoms with Gasteiger partial charge in [-0.15, -0.1) is 0 Å². The first-order valence-electron chi connectivity index (χ1n) is 4.67. The van der Waals surface area contributed by atoms with Crippen LogP contribution in [0.1, 0.15) is 10.4 Å². The summed E-state index contributed by atoms with van der Waals surface area (Å²) in [6.45, 7) is 0. The van der Waals surface area contributed by atoms with Crippen molar-refractivity contribution in [2.75, 3.05) is 7.11 Å². The lowest BCUT2D eigenvalue weighted by Gasteiger charge is -2.07. The molecule has 0 saturated heterocycles. The molecule has 2 rings (SSSR count). The fourth-order valence-corrected chi connectivity index (χ4v) is 1.73. The van der Waals surface area contributed by atoms with Crippen LogP contribution in [0, 0.1) is 17.5 Å². The second kappa shape index (κ2) is 4.45. The number of benzene rings is 1. The highest BCUT2D eigenvalue weighted by atomic mass is 35.5. The normalized spacial score (nSPS) is 10.7. The Kier molecular flexibility index (Phi) is 3.13. The zero-order chi connectivity index (χ0) is 13.4. The fourth-order valence-electron chi connectivity index (χ4n) is 1.46. The summed E-state index contributed by atoms with van der Waals surface area (Å²) in [6.07, 6.45) is 0.941. The first-order chi connectivity index (χ1) is 8.47. The average Bonchev–Trinajstić information content (AvgIpc) is 2.36. The number of methoxy groups -OCH3 is 1. The third-order valence-electron chi connectivity index (χ3n) is 2.34. The monoisotopic (exact) mass is 275 g/mol. The van der Waals surface area contributed by atoms with Crippen LogP contribution in [-0.4, -0.2) is 18.1 Å². The van der Waals surface area contributed by atoms with Crippen LogP contribution in [0.3, 0.4) is 0 Å². The molecule has 1 heterocycles. The van der Waals surface area contributed by atoms with Crippen molar-refractivity contribution in [2.24, 2.45) is 0 Å². The molecule has 0 spiro atoms. The molecule has 3 nitrogen and oxygen atoms in total. The molecule has 0 radical (unpaired) electrons. The van der Waals surface area contributed by atoms with Gasteiger partial charge in [0.1, 0.15) is 5.52 Å². The molecular formula is C11H5ClF3NO2. The number of halogens is 4. The summed E-state index contributed by atoms with van der Waals surface area (Å²) in [6, 6.07) is 0.676. The molecule has 0 amide bonds. The third-order valence-corrected chi connectivity index (χ3v) is 2.74. The topological polar surface area (TPSA) is 39.2 Å². The van der Waals surface area contributed by atoms with Gasteiger partial charge in [-0.25, -0.2) is 18.0 Å². The quantitative estimate of drug-likeness (QED) is 0.593. The first kappa shape index (κ1) is 12.6. The van der Waals surface area contributed by atoms with Gasteiger partial charge in [0.2, 0.25) is 0 Å². The number of nitrogens with zero attached hydrogens (tertiary/aromatic N) is 1. The minimum absolute atomic E-state index is 0.155. The largest absolute Gasteiger partial charge is 0.465 e. The number of ether oxygens (including phenoxy) is 1. The van der Waals surface area contributed by atoms with E-state index in [1.807, 2.05) is 0 Å². The minimum atomic E-state index is -1.64. The number of carbonyl (C=O) groups excluding carboxylic acids is 1. The zero-order valence-electron chi connectivity index (χ0n) is 8.93. The maximum absolute atomic E-state index is 13.4. The molecule has 1 aromatic carbocycles. The zero-order valence-corrected chi connectivity index (χ0v) is 9.69. The van der Waals surface area contributed by atoms with Crippen LogP contribution in [0.2, 0.25) is 5.02 Å². The van der Waals surface area contributed by atoms with E-state index in [0.29, 0.717) is 6.07 Å². The average molecular weight is 276 g/mol. The standard InChI is InChI=1S/C11H5ClF3NO2/c1-18-11(17)5-3-16-10-4(7(5)12)2-6(13)8(14)9(10)15/h2-3H,1H3. The smallest absolute Gasteiger partial charge is 0.340 e. The maximum Gasteiger partial charge on any atom is 0.340 e. The highest BCUT2D eigenvalue weighted by Crippen LogP contribution is 2.30. The van der Waals surface area contributed by atoms with Gasteiger partial charge in [0.05, 0.1) is 17.7 Å². The van der Waals surface area contributed by atoms with Crippen molar-refractivity contribution in [3.8, 4) is 0 Å². The molecule has 18 heavy (non-hydrogen) atoms. The van der Waals surface area contributed by atoms with E-state index < -0.39 is 28.9 Å². The Labute approximate surface area is 104 Å². The number of carbonyl (C=O) groups is 1. The van der Waals surface area contributed by atoms with Gasteiger partial charge < -0.3 is 4.74 Å². The summed E-state index contributed by atoms with van der Waals surface area (Å²) in [5.41, 5.74) is -0.608. The number of esters is 1. The summed E-state index contributed by atoms with van der Waals surface area (Å²) in [5, 5.41) is -0.444. The van der Waals surface area contributed by atoms with E-state index in [1.54, 1.807) is 0 Å². The number of hydrogen-bond acceptors (Lipinski definition) is 3. The molecule has 0 aliphatic carbocycles. The van der Waals surface area contributed by atoms with Crippen molar-refractivity contribution in [1.29, 1.82) is 0 Å². The second-order valence-electron chi connectivity index (χ2n) is 3.36. The molecule has 0 unspecified atom stereocenters. The highest BCUT2D eigenvalue weighted by Gasteiger charge is 2.20. The van der Waals surface area contributed by atoms with Gasteiger partial charge >= 0.3 is 5.97 Å². The molecule has 0 N–H and O–H groups in total. The summed E-state index contributed by atoms with van der Waals surface area (Å²) >= 11 is 5.81. The molecule has 2 aromatic rings. The van der Waals surface area contributed by atoms with Crippen LogP contribution in [0.25, 0.3) is 10.9 Å².